The van der Waals surface area contributed by atoms with Gasteiger partial charge in [-0.05, 0) is 43.0 Å². The van der Waals surface area contributed by atoms with Gasteiger partial charge in [-0.3, -0.25) is 0 Å². The van der Waals surface area contributed by atoms with Gasteiger partial charge >= 0.3 is 0 Å². The number of hydrogen-bond donors (Lipinski definition) is 3. The molecule has 0 saturated carbocycles. The first-order valence-electron chi connectivity index (χ1n) is 6.07. The first-order chi connectivity index (χ1) is 8.33. The molecule has 0 amide bonds. The van der Waals surface area contributed by atoms with Crippen LogP contribution < -0.4 is 10.1 Å². The number of aryl methyl sites for hydroxylation is 1. The van der Waals surface area contributed by atoms with Crippen LogP contribution in [0.4, 0.5) is 5.69 Å². The highest BCUT2D eigenvalue weighted by molar-refractivity contribution is 5.52. The van der Waals surface area contributed by atoms with E-state index < -0.39 is 0 Å². The van der Waals surface area contributed by atoms with Crippen molar-refractivity contribution in [2.75, 3.05) is 25.1 Å². The molecule has 0 aromatic heterocycles. The molecule has 2 rings (SSSR count). The molecule has 4 nitrogen and oxygen atoms in total. The predicted octanol–water partition coefficient (Wildman–Crippen LogP) is 1.17. The Bertz CT molecular complexity index is 368. The van der Waals surface area contributed by atoms with Gasteiger partial charge in [-0.15, -0.1) is 0 Å². The van der Waals surface area contributed by atoms with Crippen LogP contribution in [0.5, 0.6) is 5.75 Å². The van der Waals surface area contributed by atoms with Gasteiger partial charge in [-0.1, -0.05) is 0 Å². The van der Waals surface area contributed by atoms with Crippen molar-refractivity contribution >= 4 is 5.69 Å². The maximum atomic E-state index is 9.16. The Labute approximate surface area is 101 Å². The molecule has 0 bridgehead atoms. The van der Waals surface area contributed by atoms with Crippen LogP contribution in [-0.2, 0) is 6.42 Å². The summed E-state index contributed by atoms with van der Waals surface area (Å²) in [7, 11) is 0. The van der Waals surface area contributed by atoms with Crippen LogP contribution in [0.15, 0.2) is 18.2 Å². The molecule has 0 saturated heterocycles. The Morgan fingerprint density at radius 2 is 2.24 bits per heavy atom. The molecule has 1 unspecified atom stereocenters. The maximum Gasteiger partial charge on any atom is 0.122 e. The lowest BCUT2D eigenvalue weighted by Gasteiger charge is -2.20. The van der Waals surface area contributed by atoms with Crippen molar-refractivity contribution in [3.63, 3.8) is 0 Å². The van der Waals surface area contributed by atoms with Gasteiger partial charge < -0.3 is 20.3 Å². The molecule has 0 radical (unpaired) electrons. The van der Waals surface area contributed by atoms with Crippen molar-refractivity contribution in [3.8, 4) is 5.75 Å². The van der Waals surface area contributed by atoms with E-state index in [1.54, 1.807) is 0 Å². The summed E-state index contributed by atoms with van der Waals surface area (Å²) >= 11 is 0. The minimum absolute atomic E-state index is 0.0220. The van der Waals surface area contributed by atoms with Crippen molar-refractivity contribution in [3.05, 3.63) is 23.8 Å². The van der Waals surface area contributed by atoms with Crippen molar-refractivity contribution in [1.82, 2.24) is 0 Å². The summed E-state index contributed by atoms with van der Waals surface area (Å²) in [4.78, 5) is 0. The van der Waals surface area contributed by atoms with E-state index in [4.69, 9.17) is 14.9 Å². The van der Waals surface area contributed by atoms with Crippen molar-refractivity contribution in [2.45, 2.75) is 25.3 Å². The van der Waals surface area contributed by atoms with Crippen LogP contribution in [0.3, 0.4) is 0 Å². The number of rotatable bonds is 5. The highest BCUT2D eigenvalue weighted by Gasteiger charge is 2.12. The standard InChI is InChI=1S/C13H19NO3/c15-6-5-12(9-16)14-11-3-4-13-10(8-11)2-1-7-17-13/h3-4,8,12,14-16H,1-2,5-7,9H2. The number of aliphatic hydroxyl groups is 2. The summed E-state index contributed by atoms with van der Waals surface area (Å²) in [6, 6.07) is 5.88. The second-order valence-corrected chi connectivity index (χ2v) is 4.31. The van der Waals surface area contributed by atoms with E-state index in [9.17, 15) is 0 Å². The van der Waals surface area contributed by atoms with Gasteiger partial charge in [0.15, 0.2) is 0 Å². The normalized spacial score (nSPS) is 15.9. The number of hydrogen-bond acceptors (Lipinski definition) is 4. The summed E-state index contributed by atoms with van der Waals surface area (Å²) in [5, 5.41) is 21.2. The zero-order chi connectivity index (χ0) is 12.1. The van der Waals surface area contributed by atoms with E-state index in [0.29, 0.717) is 6.42 Å². The summed E-state index contributed by atoms with van der Waals surface area (Å²) in [5.41, 5.74) is 2.18. The molecule has 1 aromatic rings. The van der Waals surface area contributed by atoms with Gasteiger partial charge in [-0.25, -0.2) is 0 Å². The average molecular weight is 237 g/mol. The number of anilines is 1. The molecule has 1 atom stereocenters. The van der Waals surface area contributed by atoms with Gasteiger partial charge in [0.1, 0.15) is 5.75 Å². The lowest BCUT2D eigenvalue weighted by molar-refractivity contribution is 0.229. The Morgan fingerprint density at radius 3 is 3.00 bits per heavy atom. The summed E-state index contributed by atoms with van der Waals surface area (Å²) in [6.45, 7) is 0.893. The first-order valence-corrected chi connectivity index (χ1v) is 6.07. The molecule has 1 heterocycles. The van der Waals surface area contributed by atoms with Crippen molar-refractivity contribution < 1.29 is 14.9 Å². The highest BCUT2D eigenvalue weighted by atomic mass is 16.5. The van der Waals surface area contributed by atoms with Gasteiger partial charge in [0.25, 0.3) is 0 Å². The molecule has 0 spiro atoms. The minimum atomic E-state index is -0.0949. The molecule has 0 aliphatic carbocycles. The fraction of sp³-hybridized carbons (Fsp3) is 0.538. The van der Waals surface area contributed by atoms with E-state index in [-0.39, 0.29) is 19.3 Å². The smallest absolute Gasteiger partial charge is 0.122 e. The van der Waals surface area contributed by atoms with Crippen LogP contribution in [0.2, 0.25) is 0 Å². The Morgan fingerprint density at radius 1 is 1.35 bits per heavy atom. The zero-order valence-electron chi connectivity index (χ0n) is 9.85. The zero-order valence-corrected chi connectivity index (χ0v) is 9.85. The van der Waals surface area contributed by atoms with Gasteiger partial charge in [0.2, 0.25) is 0 Å². The molecule has 1 aromatic carbocycles. The van der Waals surface area contributed by atoms with E-state index in [1.165, 1.54) is 5.56 Å². The highest BCUT2D eigenvalue weighted by Crippen LogP contribution is 2.27. The average Bonchev–Trinajstić information content (AvgIpc) is 2.38. The fourth-order valence-electron chi connectivity index (χ4n) is 2.05. The third-order valence-corrected chi connectivity index (χ3v) is 2.98. The number of aliphatic hydroxyl groups excluding tert-OH is 2. The van der Waals surface area contributed by atoms with E-state index >= 15 is 0 Å². The van der Waals surface area contributed by atoms with Crippen molar-refractivity contribution in [2.24, 2.45) is 0 Å². The number of ether oxygens (including phenoxy) is 1. The van der Waals surface area contributed by atoms with Crippen LogP contribution in [0.25, 0.3) is 0 Å². The summed E-state index contributed by atoms with van der Waals surface area (Å²) < 4.78 is 5.54. The Hall–Kier alpha value is -1.26. The molecule has 4 heteroatoms. The number of benzene rings is 1. The van der Waals surface area contributed by atoms with E-state index in [1.807, 2.05) is 12.1 Å². The van der Waals surface area contributed by atoms with Crippen LogP contribution in [-0.4, -0.2) is 36.1 Å². The van der Waals surface area contributed by atoms with Crippen LogP contribution in [0.1, 0.15) is 18.4 Å². The molecule has 1 aliphatic rings. The lowest BCUT2D eigenvalue weighted by atomic mass is 10.1. The Kier molecular flexibility index (Phi) is 4.23. The van der Waals surface area contributed by atoms with Gasteiger partial charge in [-0.2, -0.15) is 0 Å². The van der Waals surface area contributed by atoms with E-state index in [2.05, 4.69) is 11.4 Å². The fourth-order valence-corrected chi connectivity index (χ4v) is 2.05. The van der Waals surface area contributed by atoms with E-state index in [0.717, 1.165) is 30.9 Å². The maximum absolute atomic E-state index is 9.16. The largest absolute Gasteiger partial charge is 0.493 e. The van der Waals surface area contributed by atoms with Gasteiger partial charge in [0, 0.05) is 12.3 Å². The second-order valence-electron chi connectivity index (χ2n) is 4.31. The summed E-state index contributed by atoms with van der Waals surface area (Å²) in [5.74, 6) is 0.963. The molecular formula is C13H19NO3. The molecule has 3 N–H and O–H groups in total. The summed E-state index contributed by atoms with van der Waals surface area (Å²) in [6.07, 6.45) is 2.63. The predicted molar refractivity (Wildman–Crippen MR) is 66.5 cm³/mol. The van der Waals surface area contributed by atoms with Crippen molar-refractivity contribution in [1.29, 1.82) is 0 Å². The topological polar surface area (TPSA) is 61.7 Å². The number of fused-ring (bicyclic) bond motifs is 1. The third kappa shape index (κ3) is 3.11. The lowest BCUT2D eigenvalue weighted by Crippen LogP contribution is -2.25. The van der Waals surface area contributed by atoms with Gasteiger partial charge in [0.05, 0.1) is 19.3 Å². The molecule has 1 aliphatic heterocycles. The second kappa shape index (κ2) is 5.89. The Balaban J connectivity index is 2.05. The molecule has 0 fully saturated rings. The molecule has 94 valence electrons. The monoisotopic (exact) mass is 237 g/mol. The number of nitrogens with one attached hydrogen (secondary N) is 1. The van der Waals surface area contributed by atoms with Crippen LogP contribution >= 0.6 is 0 Å². The quantitative estimate of drug-likeness (QED) is 0.719. The third-order valence-electron chi connectivity index (χ3n) is 2.98. The minimum Gasteiger partial charge on any atom is -0.493 e. The molecule has 17 heavy (non-hydrogen) atoms. The molecular weight excluding hydrogens is 218 g/mol. The SMILES string of the molecule is OCCC(CO)Nc1ccc2c(c1)CCCO2. The first kappa shape index (κ1) is 12.2. The van der Waals surface area contributed by atoms with Crippen LogP contribution in [0, 0.1) is 0 Å².